The third-order valence-electron chi connectivity index (χ3n) is 2.76. The second-order valence-electron chi connectivity index (χ2n) is 3.96. The van der Waals surface area contributed by atoms with Gasteiger partial charge < -0.3 is 5.32 Å². The molecule has 1 rings (SSSR count). The minimum atomic E-state index is -0.442. The highest BCUT2D eigenvalue weighted by Crippen LogP contribution is 2.23. The van der Waals surface area contributed by atoms with Gasteiger partial charge in [0.25, 0.3) is 5.91 Å². The third-order valence-corrected chi connectivity index (χ3v) is 5.72. The van der Waals surface area contributed by atoms with E-state index in [-0.39, 0.29) is 15.9 Å². The number of alkyl halides is 2. The molecule has 1 amide bonds. The van der Waals surface area contributed by atoms with Crippen LogP contribution in [0, 0.1) is 5.82 Å². The van der Waals surface area contributed by atoms with Crippen LogP contribution in [0.25, 0.3) is 0 Å². The molecule has 0 bridgehead atoms. The highest BCUT2D eigenvalue weighted by atomic mass is 79.9. The largest absolute Gasteiger partial charge is 0.345 e. The zero-order valence-corrected chi connectivity index (χ0v) is 14.5. The summed E-state index contributed by atoms with van der Waals surface area (Å²) in [5.41, 5.74) is -0.0715. The standard InChI is InChI=1S/C12H13Br3FNO/c1-2-12(6-13,7-14)17-11(18)8-4-3-5-9(16)10(8)15/h3-5H,2,6-7H2,1H3,(H,17,18). The fourth-order valence-corrected chi connectivity index (χ4v) is 3.81. The Labute approximate surface area is 131 Å². The number of halogens is 4. The van der Waals surface area contributed by atoms with E-state index in [1.807, 2.05) is 6.92 Å². The van der Waals surface area contributed by atoms with Gasteiger partial charge in [-0.15, -0.1) is 0 Å². The second kappa shape index (κ2) is 7.01. The van der Waals surface area contributed by atoms with Crippen molar-refractivity contribution in [1.29, 1.82) is 0 Å². The van der Waals surface area contributed by atoms with Crippen molar-refractivity contribution in [3.8, 4) is 0 Å². The molecule has 2 nitrogen and oxygen atoms in total. The Balaban J connectivity index is 2.98. The molecule has 0 aliphatic heterocycles. The summed E-state index contributed by atoms with van der Waals surface area (Å²) in [5.74, 6) is -0.732. The molecule has 18 heavy (non-hydrogen) atoms. The van der Waals surface area contributed by atoms with Crippen molar-refractivity contribution >= 4 is 53.7 Å². The number of rotatable bonds is 5. The lowest BCUT2D eigenvalue weighted by Crippen LogP contribution is -2.51. The number of hydrogen-bond acceptors (Lipinski definition) is 1. The van der Waals surface area contributed by atoms with E-state index in [1.54, 1.807) is 6.07 Å². The summed E-state index contributed by atoms with van der Waals surface area (Å²) in [6, 6.07) is 4.42. The third kappa shape index (κ3) is 3.54. The van der Waals surface area contributed by atoms with Gasteiger partial charge in [0.2, 0.25) is 0 Å². The van der Waals surface area contributed by atoms with E-state index >= 15 is 0 Å². The van der Waals surface area contributed by atoms with Gasteiger partial charge in [-0.25, -0.2) is 4.39 Å². The summed E-state index contributed by atoms with van der Waals surface area (Å²) < 4.78 is 13.6. The molecule has 0 aliphatic carbocycles. The van der Waals surface area contributed by atoms with Gasteiger partial charge in [-0.05, 0) is 34.5 Å². The minimum absolute atomic E-state index is 0.191. The van der Waals surface area contributed by atoms with Crippen LogP contribution in [0.15, 0.2) is 22.7 Å². The van der Waals surface area contributed by atoms with E-state index in [2.05, 4.69) is 53.1 Å². The quantitative estimate of drug-likeness (QED) is 0.674. The Hall–Kier alpha value is 0.0600. The van der Waals surface area contributed by atoms with Gasteiger partial charge in [0, 0.05) is 10.7 Å². The second-order valence-corrected chi connectivity index (χ2v) is 5.87. The number of carbonyl (C=O) groups is 1. The van der Waals surface area contributed by atoms with Crippen molar-refractivity contribution in [3.05, 3.63) is 34.1 Å². The molecule has 1 aromatic rings. The van der Waals surface area contributed by atoms with Crippen molar-refractivity contribution in [2.45, 2.75) is 18.9 Å². The van der Waals surface area contributed by atoms with E-state index < -0.39 is 5.82 Å². The van der Waals surface area contributed by atoms with Gasteiger partial charge in [-0.3, -0.25) is 4.79 Å². The number of nitrogens with one attached hydrogen (secondary N) is 1. The lowest BCUT2D eigenvalue weighted by atomic mass is 10.0. The average molecular weight is 446 g/mol. The van der Waals surface area contributed by atoms with Crippen LogP contribution in [0.3, 0.4) is 0 Å². The number of carbonyl (C=O) groups excluding carboxylic acids is 1. The molecule has 0 saturated carbocycles. The van der Waals surface area contributed by atoms with Crippen molar-refractivity contribution in [3.63, 3.8) is 0 Å². The maximum atomic E-state index is 13.4. The maximum absolute atomic E-state index is 13.4. The molecular formula is C12H13Br3FNO. The molecule has 1 aromatic carbocycles. The highest BCUT2D eigenvalue weighted by molar-refractivity contribution is 9.10. The molecule has 0 saturated heterocycles. The van der Waals surface area contributed by atoms with Crippen molar-refractivity contribution in [1.82, 2.24) is 5.32 Å². The molecular weight excluding hydrogens is 433 g/mol. The number of benzene rings is 1. The Morgan fingerprint density at radius 2 is 2.00 bits per heavy atom. The zero-order chi connectivity index (χ0) is 13.8. The van der Waals surface area contributed by atoms with Gasteiger partial charge in [0.15, 0.2) is 0 Å². The van der Waals surface area contributed by atoms with Crippen LogP contribution in [0.2, 0.25) is 0 Å². The summed E-state index contributed by atoms with van der Waals surface area (Å²) in [4.78, 5) is 12.2. The van der Waals surface area contributed by atoms with Crippen LogP contribution in [0.4, 0.5) is 4.39 Å². The minimum Gasteiger partial charge on any atom is -0.345 e. The van der Waals surface area contributed by atoms with Crippen LogP contribution in [0.1, 0.15) is 23.7 Å². The molecule has 100 valence electrons. The van der Waals surface area contributed by atoms with E-state index in [4.69, 9.17) is 0 Å². The summed E-state index contributed by atoms with van der Waals surface area (Å²) in [6.07, 6.45) is 0.766. The predicted molar refractivity (Wildman–Crippen MR) is 82.2 cm³/mol. The normalized spacial score (nSPS) is 11.4. The Kier molecular flexibility index (Phi) is 6.27. The zero-order valence-electron chi connectivity index (χ0n) is 9.77. The number of hydrogen-bond donors (Lipinski definition) is 1. The molecule has 0 spiro atoms. The van der Waals surface area contributed by atoms with Gasteiger partial charge in [0.05, 0.1) is 15.6 Å². The average Bonchev–Trinajstić information content (AvgIpc) is 2.39. The van der Waals surface area contributed by atoms with Crippen molar-refractivity contribution in [2.75, 3.05) is 10.7 Å². The first-order valence-electron chi connectivity index (χ1n) is 5.38. The summed E-state index contributed by atoms with van der Waals surface area (Å²) >= 11 is 9.89. The lowest BCUT2D eigenvalue weighted by Gasteiger charge is -2.30. The van der Waals surface area contributed by atoms with Gasteiger partial charge in [0.1, 0.15) is 5.82 Å². The van der Waals surface area contributed by atoms with Crippen molar-refractivity contribution < 1.29 is 9.18 Å². The maximum Gasteiger partial charge on any atom is 0.253 e. The molecule has 0 fully saturated rings. The molecule has 0 radical (unpaired) electrons. The molecule has 6 heteroatoms. The Morgan fingerprint density at radius 3 is 2.50 bits per heavy atom. The van der Waals surface area contributed by atoms with Crippen molar-refractivity contribution in [2.24, 2.45) is 0 Å². The predicted octanol–water partition coefficient (Wildman–Crippen LogP) is 4.26. The monoisotopic (exact) mass is 443 g/mol. The SMILES string of the molecule is CCC(CBr)(CBr)NC(=O)c1cccc(F)c1Br. The smallest absolute Gasteiger partial charge is 0.253 e. The van der Waals surface area contributed by atoms with Crippen LogP contribution < -0.4 is 5.32 Å². The molecule has 0 aromatic heterocycles. The van der Waals surface area contributed by atoms with Gasteiger partial charge in [-0.2, -0.15) is 0 Å². The van der Waals surface area contributed by atoms with Gasteiger partial charge >= 0.3 is 0 Å². The van der Waals surface area contributed by atoms with Crippen LogP contribution in [0.5, 0.6) is 0 Å². The molecule has 0 atom stereocenters. The van der Waals surface area contributed by atoms with E-state index in [9.17, 15) is 9.18 Å². The Bertz CT molecular complexity index is 427. The number of amides is 1. The van der Waals surface area contributed by atoms with Crippen LogP contribution >= 0.6 is 47.8 Å². The lowest BCUT2D eigenvalue weighted by molar-refractivity contribution is 0.0914. The first kappa shape index (κ1) is 16.1. The summed E-state index contributed by atoms with van der Waals surface area (Å²) in [7, 11) is 0. The summed E-state index contributed by atoms with van der Waals surface area (Å²) in [5, 5.41) is 4.19. The van der Waals surface area contributed by atoms with E-state index in [1.165, 1.54) is 12.1 Å². The molecule has 0 heterocycles. The van der Waals surface area contributed by atoms with Crippen LogP contribution in [-0.2, 0) is 0 Å². The fourth-order valence-electron chi connectivity index (χ4n) is 1.37. The first-order chi connectivity index (χ1) is 8.49. The highest BCUT2D eigenvalue weighted by Gasteiger charge is 2.28. The van der Waals surface area contributed by atoms with E-state index in [0.29, 0.717) is 16.2 Å². The molecule has 0 aliphatic rings. The Morgan fingerprint density at radius 1 is 1.39 bits per heavy atom. The van der Waals surface area contributed by atoms with Gasteiger partial charge in [-0.1, -0.05) is 44.8 Å². The molecule has 0 unspecified atom stereocenters. The topological polar surface area (TPSA) is 29.1 Å². The molecule has 1 N–H and O–H groups in total. The van der Waals surface area contributed by atoms with E-state index in [0.717, 1.165) is 6.42 Å². The first-order valence-corrected chi connectivity index (χ1v) is 8.41. The van der Waals surface area contributed by atoms with Crippen LogP contribution in [-0.4, -0.2) is 22.1 Å². The fraction of sp³-hybridized carbons (Fsp3) is 0.417. The summed E-state index contributed by atoms with van der Waals surface area (Å²) in [6.45, 7) is 1.99.